The van der Waals surface area contributed by atoms with Crippen LogP contribution in [0.4, 0.5) is 5.69 Å². The molecule has 0 saturated carbocycles. The molecule has 0 radical (unpaired) electrons. The highest BCUT2D eigenvalue weighted by atomic mass is 32.1. The summed E-state index contributed by atoms with van der Waals surface area (Å²) in [5, 5.41) is 6.84. The largest absolute Gasteiger partial charge is 0.494 e. The number of amides is 1. The number of hydrogen-bond donors (Lipinski definition) is 1. The van der Waals surface area contributed by atoms with Crippen molar-refractivity contribution in [2.24, 2.45) is 0 Å². The maximum atomic E-state index is 12.5. The molecule has 0 spiro atoms. The fourth-order valence-electron chi connectivity index (χ4n) is 2.22. The van der Waals surface area contributed by atoms with Crippen molar-refractivity contribution in [3.8, 4) is 17.0 Å². The van der Waals surface area contributed by atoms with Crippen LogP contribution in [0.3, 0.4) is 0 Å². The van der Waals surface area contributed by atoms with Gasteiger partial charge >= 0.3 is 0 Å². The molecule has 0 aromatic carbocycles. The number of nitrogens with zero attached hydrogens (tertiary/aromatic N) is 2. The van der Waals surface area contributed by atoms with E-state index in [-0.39, 0.29) is 5.91 Å². The molecule has 3 rings (SSSR count). The van der Waals surface area contributed by atoms with Gasteiger partial charge in [-0.05, 0) is 30.5 Å². The lowest BCUT2D eigenvalue weighted by atomic mass is 10.1. The van der Waals surface area contributed by atoms with Gasteiger partial charge in [-0.2, -0.15) is 11.3 Å². The Morgan fingerprint density at radius 1 is 1.26 bits per heavy atom. The third-order valence-electron chi connectivity index (χ3n) is 3.40. The van der Waals surface area contributed by atoms with Crippen LogP contribution in [-0.2, 0) is 0 Å². The second-order valence-electron chi connectivity index (χ2n) is 4.87. The van der Waals surface area contributed by atoms with Gasteiger partial charge in [0.15, 0.2) is 0 Å². The standard InChI is InChI=1S/C17H15N3O2S/c1-11-13(3-4-14(19-11)12-6-8-23-10-12)17(21)20-15-9-18-7-5-16(15)22-2/h3-10H,1-2H3,(H,20,21). The van der Waals surface area contributed by atoms with E-state index in [4.69, 9.17) is 4.74 Å². The molecule has 3 heterocycles. The molecule has 0 bridgehead atoms. The Bertz CT molecular complexity index is 832. The lowest BCUT2D eigenvalue weighted by Crippen LogP contribution is -2.15. The number of aromatic nitrogens is 2. The van der Waals surface area contributed by atoms with Crippen molar-refractivity contribution in [3.05, 3.63) is 58.7 Å². The number of carbonyl (C=O) groups excluding carboxylic acids is 1. The van der Waals surface area contributed by atoms with Crippen molar-refractivity contribution in [1.29, 1.82) is 0 Å². The Labute approximate surface area is 138 Å². The SMILES string of the molecule is COc1ccncc1NC(=O)c1ccc(-c2ccsc2)nc1C. The van der Waals surface area contributed by atoms with Crippen LogP contribution < -0.4 is 10.1 Å². The molecule has 0 saturated heterocycles. The molecule has 0 fully saturated rings. The predicted octanol–water partition coefficient (Wildman–Crippen LogP) is 3.77. The van der Waals surface area contributed by atoms with Crippen molar-refractivity contribution in [1.82, 2.24) is 9.97 Å². The lowest BCUT2D eigenvalue weighted by molar-refractivity contribution is 0.102. The van der Waals surface area contributed by atoms with Gasteiger partial charge in [0.05, 0.1) is 30.3 Å². The van der Waals surface area contributed by atoms with E-state index in [1.165, 1.54) is 0 Å². The summed E-state index contributed by atoms with van der Waals surface area (Å²) >= 11 is 1.62. The summed E-state index contributed by atoms with van der Waals surface area (Å²) in [7, 11) is 1.55. The van der Waals surface area contributed by atoms with Crippen LogP contribution in [0.2, 0.25) is 0 Å². The molecule has 3 aromatic heterocycles. The monoisotopic (exact) mass is 325 g/mol. The zero-order chi connectivity index (χ0) is 16.2. The van der Waals surface area contributed by atoms with Gasteiger partial charge in [-0.1, -0.05) is 0 Å². The van der Waals surface area contributed by atoms with E-state index in [2.05, 4.69) is 15.3 Å². The van der Waals surface area contributed by atoms with Crippen molar-refractivity contribution in [3.63, 3.8) is 0 Å². The summed E-state index contributed by atoms with van der Waals surface area (Å²) in [6.45, 7) is 1.82. The molecule has 6 heteroatoms. The van der Waals surface area contributed by atoms with E-state index in [0.29, 0.717) is 22.7 Å². The maximum Gasteiger partial charge on any atom is 0.257 e. The normalized spacial score (nSPS) is 10.3. The minimum absolute atomic E-state index is 0.238. The van der Waals surface area contributed by atoms with E-state index >= 15 is 0 Å². The second kappa shape index (κ2) is 6.58. The van der Waals surface area contributed by atoms with Gasteiger partial charge in [0.25, 0.3) is 5.91 Å². The van der Waals surface area contributed by atoms with Crippen LogP contribution in [0.25, 0.3) is 11.3 Å². The highest BCUT2D eigenvalue weighted by molar-refractivity contribution is 7.08. The molecule has 0 aliphatic heterocycles. The molecule has 23 heavy (non-hydrogen) atoms. The third-order valence-corrected chi connectivity index (χ3v) is 4.08. The number of ether oxygens (including phenoxy) is 1. The van der Waals surface area contributed by atoms with Crippen molar-refractivity contribution >= 4 is 22.9 Å². The highest BCUT2D eigenvalue weighted by Crippen LogP contribution is 2.24. The Kier molecular flexibility index (Phi) is 4.34. The lowest BCUT2D eigenvalue weighted by Gasteiger charge is -2.11. The van der Waals surface area contributed by atoms with E-state index in [9.17, 15) is 4.79 Å². The van der Waals surface area contributed by atoms with E-state index in [1.807, 2.05) is 29.8 Å². The zero-order valence-electron chi connectivity index (χ0n) is 12.7. The van der Waals surface area contributed by atoms with Crippen LogP contribution in [0, 0.1) is 6.92 Å². The number of hydrogen-bond acceptors (Lipinski definition) is 5. The molecule has 0 aliphatic rings. The summed E-state index contributed by atoms with van der Waals surface area (Å²) in [5.41, 5.74) is 3.64. The molecule has 1 amide bonds. The predicted molar refractivity (Wildman–Crippen MR) is 91.0 cm³/mol. The Morgan fingerprint density at radius 2 is 2.13 bits per heavy atom. The van der Waals surface area contributed by atoms with E-state index in [1.54, 1.807) is 43.0 Å². The van der Waals surface area contributed by atoms with Gasteiger partial charge in [-0.25, -0.2) is 0 Å². The molecular weight excluding hydrogens is 310 g/mol. The van der Waals surface area contributed by atoms with Gasteiger partial charge in [0.2, 0.25) is 0 Å². The average molecular weight is 325 g/mol. The van der Waals surface area contributed by atoms with Crippen LogP contribution >= 0.6 is 11.3 Å². The van der Waals surface area contributed by atoms with Crippen LogP contribution in [0.15, 0.2) is 47.4 Å². The fourth-order valence-corrected chi connectivity index (χ4v) is 2.86. The number of pyridine rings is 2. The molecule has 0 atom stereocenters. The fraction of sp³-hybridized carbons (Fsp3) is 0.118. The van der Waals surface area contributed by atoms with Gasteiger partial charge in [0.1, 0.15) is 11.4 Å². The summed E-state index contributed by atoms with van der Waals surface area (Å²) in [4.78, 5) is 21.0. The molecule has 116 valence electrons. The van der Waals surface area contributed by atoms with Crippen LogP contribution in [-0.4, -0.2) is 23.0 Å². The number of rotatable bonds is 4. The highest BCUT2D eigenvalue weighted by Gasteiger charge is 2.14. The van der Waals surface area contributed by atoms with Gasteiger partial charge in [-0.3, -0.25) is 14.8 Å². The number of carbonyl (C=O) groups is 1. The Balaban J connectivity index is 1.85. The van der Waals surface area contributed by atoms with Crippen molar-refractivity contribution in [2.45, 2.75) is 6.92 Å². The number of methoxy groups -OCH3 is 1. The first-order valence-electron chi connectivity index (χ1n) is 6.98. The van der Waals surface area contributed by atoms with Crippen molar-refractivity contribution in [2.75, 3.05) is 12.4 Å². The van der Waals surface area contributed by atoms with Crippen LogP contribution in [0.5, 0.6) is 5.75 Å². The van der Waals surface area contributed by atoms with Crippen LogP contribution in [0.1, 0.15) is 16.1 Å². The quantitative estimate of drug-likeness (QED) is 0.793. The maximum absolute atomic E-state index is 12.5. The zero-order valence-corrected chi connectivity index (χ0v) is 13.6. The number of nitrogens with one attached hydrogen (secondary N) is 1. The smallest absolute Gasteiger partial charge is 0.257 e. The first kappa shape index (κ1) is 15.2. The molecule has 3 aromatic rings. The first-order valence-corrected chi connectivity index (χ1v) is 7.93. The molecule has 5 nitrogen and oxygen atoms in total. The molecular formula is C17H15N3O2S. The van der Waals surface area contributed by atoms with Gasteiger partial charge < -0.3 is 10.1 Å². The second-order valence-corrected chi connectivity index (χ2v) is 5.65. The Hall–Kier alpha value is -2.73. The number of anilines is 1. The average Bonchev–Trinajstić information content (AvgIpc) is 3.09. The molecule has 0 unspecified atom stereocenters. The summed E-state index contributed by atoms with van der Waals surface area (Å²) in [5.74, 6) is 0.326. The Morgan fingerprint density at radius 3 is 2.83 bits per heavy atom. The summed E-state index contributed by atoms with van der Waals surface area (Å²) in [6.07, 6.45) is 3.16. The topological polar surface area (TPSA) is 64.1 Å². The van der Waals surface area contributed by atoms with E-state index in [0.717, 1.165) is 11.3 Å². The minimum atomic E-state index is -0.238. The number of thiophene rings is 1. The summed E-state index contributed by atoms with van der Waals surface area (Å²) < 4.78 is 5.21. The van der Waals surface area contributed by atoms with Gasteiger partial charge in [0, 0.05) is 23.2 Å². The number of aryl methyl sites for hydroxylation is 1. The first-order chi connectivity index (χ1) is 11.2. The third kappa shape index (κ3) is 3.22. The minimum Gasteiger partial charge on any atom is -0.494 e. The summed E-state index contributed by atoms with van der Waals surface area (Å²) in [6, 6.07) is 7.34. The van der Waals surface area contributed by atoms with Gasteiger partial charge in [-0.15, -0.1) is 0 Å². The molecule has 0 aliphatic carbocycles. The molecule has 1 N–H and O–H groups in total. The van der Waals surface area contributed by atoms with Crippen molar-refractivity contribution < 1.29 is 9.53 Å². The van der Waals surface area contributed by atoms with E-state index < -0.39 is 0 Å².